The molecule has 0 aliphatic heterocycles. The Labute approximate surface area is 110 Å². The fourth-order valence-corrected chi connectivity index (χ4v) is 1.91. The smallest absolute Gasteiger partial charge is 0.239 e. The van der Waals surface area contributed by atoms with Gasteiger partial charge in [0.05, 0.1) is 11.8 Å². The number of rotatable bonds is 6. The molecular formula is C10H23ClN2O3S. The number of amides is 1. The minimum absolute atomic E-state index is 0. The second kappa shape index (κ2) is 7.89. The fourth-order valence-electron chi connectivity index (χ4n) is 1.07. The van der Waals surface area contributed by atoms with Crippen molar-refractivity contribution in [3.05, 3.63) is 0 Å². The largest absolute Gasteiger partial charge is 0.343 e. The van der Waals surface area contributed by atoms with E-state index in [1.165, 1.54) is 4.90 Å². The molecule has 0 rings (SSSR count). The summed E-state index contributed by atoms with van der Waals surface area (Å²) in [5.74, 6) is -0.0546. The van der Waals surface area contributed by atoms with Crippen LogP contribution in [0.4, 0.5) is 0 Å². The van der Waals surface area contributed by atoms with Crippen molar-refractivity contribution in [1.82, 2.24) is 4.90 Å². The molecule has 7 heteroatoms. The highest BCUT2D eigenvalue weighted by Crippen LogP contribution is 2.02. The number of hydrogen-bond donors (Lipinski definition) is 1. The van der Waals surface area contributed by atoms with Gasteiger partial charge in [0, 0.05) is 19.3 Å². The highest BCUT2D eigenvalue weighted by atomic mass is 35.5. The van der Waals surface area contributed by atoms with Crippen molar-refractivity contribution < 1.29 is 13.2 Å². The van der Waals surface area contributed by atoms with E-state index in [2.05, 4.69) is 0 Å². The van der Waals surface area contributed by atoms with E-state index in [1.54, 1.807) is 14.0 Å². The number of nitrogens with two attached hydrogens (primary N) is 1. The monoisotopic (exact) mass is 286 g/mol. The van der Waals surface area contributed by atoms with Crippen LogP contribution in [0.15, 0.2) is 0 Å². The summed E-state index contributed by atoms with van der Waals surface area (Å²) in [4.78, 5) is 13.1. The van der Waals surface area contributed by atoms with Gasteiger partial charge in [-0.3, -0.25) is 4.79 Å². The van der Waals surface area contributed by atoms with Gasteiger partial charge in [0.2, 0.25) is 5.91 Å². The van der Waals surface area contributed by atoms with Gasteiger partial charge in [-0.05, 0) is 5.92 Å². The van der Waals surface area contributed by atoms with Crippen molar-refractivity contribution in [3.8, 4) is 0 Å². The third kappa shape index (κ3) is 6.85. The van der Waals surface area contributed by atoms with Gasteiger partial charge in [0.1, 0.15) is 0 Å². The van der Waals surface area contributed by atoms with Gasteiger partial charge in [0.15, 0.2) is 9.84 Å². The summed E-state index contributed by atoms with van der Waals surface area (Å²) in [5.41, 5.74) is 5.69. The third-order valence-corrected chi connectivity index (χ3v) is 4.24. The maximum Gasteiger partial charge on any atom is 0.239 e. The van der Waals surface area contributed by atoms with Crippen LogP contribution in [-0.2, 0) is 14.6 Å². The summed E-state index contributed by atoms with van der Waals surface area (Å²) in [6, 6.07) is -0.561. The predicted molar refractivity (Wildman–Crippen MR) is 72.0 cm³/mol. The van der Waals surface area contributed by atoms with Crippen LogP contribution in [0.2, 0.25) is 0 Å². The molecule has 0 unspecified atom stereocenters. The summed E-state index contributed by atoms with van der Waals surface area (Å²) >= 11 is 0. The standard InChI is InChI=1S/C10H22N2O3S.ClH/c1-5-16(14,15)7-6-12(4)10(13)9(11)8(2)3;/h8-9H,5-7,11H2,1-4H3;1H/t9-;/m0./s1. The SMILES string of the molecule is CCS(=O)(=O)CCN(C)C(=O)[C@@H](N)C(C)C.Cl. The van der Waals surface area contributed by atoms with Gasteiger partial charge in [-0.15, -0.1) is 12.4 Å². The first-order valence-electron chi connectivity index (χ1n) is 5.42. The zero-order valence-electron chi connectivity index (χ0n) is 10.8. The Morgan fingerprint density at radius 1 is 1.35 bits per heavy atom. The lowest BCUT2D eigenvalue weighted by Crippen LogP contribution is -2.46. The zero-order valence-corrected chi connectivity index (χ0v) is 12.5. The minimum Gasteiger partial charge on any atom is -0.343 e. The second-order valence-electron chi connectivity index (χ2n) is 4.27. The molecular weight excluding hydrogens is 264 g/mol. The van der Waals surface area contributed by atoms with Crippen LogP contribution in [-0.4, -0.2) is 50.4 Å². The Hall–Kier alpha value is -0.330. The quantitative estimate of drug-likeness (QED) is 0.761. The van der Waals surface area contributed by atoms with Crippen molar-refractivity contribution in [2.45, 2.75) is 26.8 Å². The molecule has 5 nitrogen and oxygen atoms in total. The fraction of sp³-hybridized carbons (Fsp3) is 0.900. The summed E-state index contributed by atoms with van der Waals surface area (Å²) in [7, 11) is -1.45. The summed E-state index contributed by atoms with van der Waals surface area (Å²) < 4.78 is 22.5. The normalized spacial score (nSPS) is 13.1. The predicted octanol–water partition coefficient (Wildman–Crippen LogP) is 0.285. The molecule has 0 heterocycles. The molecule has 0 saturated heterocycles. The number of carbonyl (C=O) groups excluding carboxylic acids is 1. The number of likely N-dealkylation sites (N-methyl/N-ethyl adjacent to an activating group) is 1. The highest BCUT2D eigenvalue weighted by Gasteiger charge is 2.21. The molecule has 0 fully saturated rings. The van der Waals surface area contributed by atoms with Gasteiger partial charge in [-0.2, -0.15) is 0 Å². The van der Waals surface area contributed by atoms with Gasteiger partial charge in [-0.1, -0.05) is 20.8 Å². The molecule has 104 valence electrons. The molecule has 0 aromatic heterocycles. The zero-order chi connectivity index (χ0) is 12.9. The van der Waals surface area contributed by atoms with Crippen molar-refractivity contribution in [3.63, 3.8) is 0 Å². The number of hydrogen-bond acceptors (Lipinski definition) is 4. The lowest BCUT2D eigenvalue weighted by molar-refractivity contribution is -0.131. The Bertz CT molecular complexity index is 330. The van der Waals surface area contributed by atoms with Gasteiger partial charge in [-0.25, -0.2) is 8.42 Å². The van der Waals surface area contributed by atoms with E-state index in [9.17, 15) is 13.2 Å². The Balaban J connectivity index is 0. The minimum atomic E-state index is -3.03. The van der Waals surface area contributed by atoms with Crippen LogP contribution in [0.25, 0.3) is 0 Å². The van der Waals surface area contributed by atoms with E-state index < -0.39 is 15.9 Å². The van der Waals surface area contributed by atoms with Crippen LogP contribution >= 0.6 is 12.4 Å². The first kappa shape index (κ1) is 19.0. The van der Waals surface area contributed by atoms with Gasteiger partial charge in [0.25, 0.3) is 0 Å². The Morgan fingerprint density at radius 3 is 2.18 bits per heavy atom. The van der Waals surface area contributed by atoms with E-state index in [1.807, 2.05) is 13.8 Å². The molecule has 0 bridgehead atoms. The van der Waals surface area contributed by atoms with Crippen molar-refractivity contribution in [2.24, 2.45) is 11.7 Å². The molecule has 1 atom stereocenters. The number of halogens is 1. The van der Waals surface area contributed by atoms with Crippen LogP contribution < -0.4 is 5.73 Å². The van der Waals surface area contributed by atoms with Crippen molar-refractivity contribution >= 4 is 28.2 Å². The molecule has 0 aromatic rings. The van der Waals surface area contributed by atoms with E-state index in [0.717, 1.165) is 0 Å². The number of sulfone groups is 1. The van der Waals surface area contributed by atoms with Crippen LogP contribution in [0.3, 0.4) is 0 Å². The molecule has 0 saturated carbocycles. The van der Waals surface area contributed by atoms with Crippen molar-refractivity contribution in [2.75, 3.05) is 25.1 Å². The molecule has 0 aliphatic rings. The summed E-state index contributed by atoms with van der Waals surface area (Å²) in [6.07, 6.45) is 0. The Kier molecular flexibility index (Phi) is 8.83. The summed E-state index contributed by atoms with van der Waals surface area (Å²) in [5, 5.41) is 0. The maximum atomic E-state index is 11.7. The molecule has 17 heavy (non-hydrogen) atoms. The van der Waals surface area contributed by atoms with Gasteiger partial charge < -0.3 is 10.6 Å². The molecule has 0 aliphatic carbocycles. The van der Waals surface area contributed by atoms with Crippen LogP contribution in [0, 0.1) is 5.92 Å². The van der Waals surface area contributed by atoms with Crippen LogP contribution in [0.1, 0.15) is 20.8 Å². The first-order chi connectivity index (χ1) is 7.21. The highest BCUT2D eigenvalue weighted by molar-refractivity contribution is 7.91. The second-order valence-corrected chi connectivity index (χ2v) is 6.74. The molecule has 1 amide bonds. The average molecular weight is 287 g/mol. The van der Waals surface area contributed by atoms with Crippen LogP contribution in [0.5, 0.6) is 0 Å². The topological polar surface area (TPSA) is 80.5 Å². The van der Waals surface area contributed by atoms with E-state index in [4.69, 9.17) is 5.73 Å². The van der Waals surface area contributed by atoms with E-state index in [0.29, 0.717) is 0 Å². The molecule has 0 radical (unpaired) electrons. The average Bonchev–Trinajstić information content (AvgIpc) is 2.23. The van der Waals surface area contributed by atoms with Gasteiger partial charge >= 0.3 is 0 Å². The number of carbonyl (C=O) groups is 1. The van der Waals surface area contributed by atoms with Crippen molar-refractivity contribution in [1.29, 1.82) is 0 Å². The first-order valence-corrected chi connectivity index (χ1v) is 7.24. The maximum absolute atomic E-state index is 11.7. The number of nitrogens with zero attached hydrogens (tertiary/aromatic N) is 1. The molecule has 0 spiro atoms. The molecule has 2 N–H and O–H groups in total. The lowest BCUT2D eigenvalue weighted by Gasteiger charge is -2.23. The third-order valence-electron chi connectivity index (χ3n) is 2.56. The Morgan fingerprint density at radius 2 is 1.82 bits per heavy atom. The lowest BCUT2D eigenvalue weighted by atomic mass is 10.0. The summed E-state index contributed by atoms with van der Waals surface area (Å²) in [6.45, 7) is 5.52. The molecule has 0 aromatic carbocycles. The van der Waals surface area contributed by atoms with E-state index in [-0.39, 0.29) is 42.3 Å². The van der Waals surface area contributed by atoms with E-state index >= 15 is 0 Å².